The lowest BCUT2D eigenvalue weighted by Crippen LogP contribution is -2.42. The van der Waals surface area contributed by atoms with Crippen molar-refractivity contribution in [2.45, 2.75) is 51.5 Å². The Balaban J connectivity index is 2.46. The van der Waals surface area contributed by atoms with Crippen LogP contribution in [0.2, 0.25) is 5.15 Å². The number of aromatic nitrogens is 2. The third kappa shape index (κ3) is 2.76. The molecule has 1 heterocycles. The van der Waals surface area contributed by atoms with Crippen LogP contribution in [0.3, 0.4) is 0 Å². The molecule has 1 aliphatic carbocycles. The van der Waals surface area contributed by atoms with Crippen molar-refractivity contribution in [2.24, 2.45) is 5.92 Å². The van der Waals surface area contributed by atoms with E-state index in [4.69, 9.17) is 11.6 Å². The zero-order valence-corrected chi connectivity index (χ0v) is 11.7. The van der Waals surface area contributed by atoms with Gasteiger partial charge in [-0.1, -0.05) is 37.8 Å². The van der Waals surface area contributed by atoms with Gasteiger partial charge in [0.1, 0.15) is 0 Å². The Kier molecular flexibility index (Phi) is 4.45. The summed E-state index contributed by atoms with van der Waals surface area (Å²) in [5.74, 6) is -0.811. The molecule has 4 nitrogen and oxygen atoms in total. The second-order valence-electron chi connectivity index (χ2n) is 5.11. The number of rotatable bonds is 3. The maximum atomic E-state index is 13.6. The predicted octanol–water partition coefficient (Wildman–Crippen LogP) is 2.86. The first-order valence-corrected chi connectivity index (χ1v) is 7.13. The van der Waals surface area contributed by atoms with Crippen molar-refractivity contribution in [3.8, 4) is 0 Å². The summed E-state index contributed by atoms with van der Waals surface area (Å²) in [6, 6.07) is -0.247. The van der Waals surface area contributed by atoms with Crippen LogP contribution in [0.15, 0.2) is 9.59 Å². The Bertz CT molecular complexity index is 561. The summed E-state index contributed by atoms with van der Waals surface area (Å²) in [5, 5.41) is -0.509. The lowest BCUT2D eigenvalue weighted by molar-refractivity contribution is 0.231. The average molecular weight is 289 g/mol. The van der Waals surface area contributed by atoms with E-state index in [1.807, 2.05) is 6.92 Å². The van der Waals surface area contributed by atoms with Crippen LogP contribution >= 0.6 is 11.6 Å². The molecule has 0 aliphatic heterocycles. The number of halogens is 2. The first-order chi connectivity index (χ1) is 9.06. The predicted molar refractivity (Wildman–Crippen MR) is 72.2 cm³/mol. The van der Waals surface area contributed by atoms with Gasteiger partial charge < -0.3 is 0 Å². The fraction of sp³-hybridized carbons (Fsp3) is 0.692. The van der Waals surface area contributed by atoms with Crippen LogP contribution in [-0.2, 0) is 0 Å². The van der Waals surface area contributed by atoms with Crippen LogP contribution in [0.5, 0.6) is 0 Å². The average Bonchev–Trinajstić information content (AvgIpc) is 2.42. The molecule has 1 N–H and O–H groups in total. The van der Waals surface area contributed by atoms with Crippen molar-refractivity contribution in [3.05, 3.63) is 31.8 Å². The van der Waals surface area contributed by atoms with Crippen LogP contribution in [0.1, 0.15) is 51.5 Å². The summed E-state index contributed by atoms with van der Waals surface area (Å²) in [6.45, 7) is 1.91. The molecule has 0 aromatic carbocycles. The molecule has 1 fully saturated rings. The van der Waals surface area contributed by atoms with E-state index >= 15 is 0 Å². The van der Waals surface area contributed by atoms with Crippen LogP contribution in [0, 0.1) is 11.7 Å². The third-order valence-electron chi connectivity index (χ3n) is 3.98. The normalized spacial score (nSPS) is 18.5. The smallest absolute Gasteiger partial charge is 0.295 e. The molecule has 1 saturated carbocycles. The Morgan fingerprint density at radius 1 is 1.37 bits per heavy atom. The highest BCUT2D eigenvalue weighted by Crippen LogP contribution is 2.33. The van der Waals surface area contributed by atoms with E-state index < -0.39 is 22.2 Å². The molecule has 1 aromatic rings. The fourth-order valence-corrected chi connectivity index (χ4v) is 3.21. The molecule has 19 heavy (non-hydrogen) atoms. The zero-order chi connectivity index (χ0) is 14.0. The monoisotopic (exact) mass is 288 g/mol. The summed E-state index contributed by atoms with van der Waals surface area (Å²) >= 11 is 5.48. The van der Waals surface area contributed by atoms with Crippen molar-refractivity contribution in [1.82, 2.24) is 9.55 Å². The zero-order valence-electron chi connectivity index (χ0n) is 10.9. The van der Waals surface area contributed by atoms with Crippen LogP contribution in [0.4, 0.5) is 4.39 Å². The van der Waals surface area contributed by atoms with Gasteiger partial charge in [-0.05, 0) is 25.2 Å². The van der Waals surface area contributed by atoms with Crippen molar-refractivity contribution in [1.29, 1.82) is 0 Å². The molecule has 1 atom stereocenters. The van der Waals surface area contributed by atoms with Gasteiger partial charge in [0.25, 0.3) is 5.56 Å². The summed E-state index contributed by atoms with van der Waals surface area (Å²) in [5.41, 5.74) is -1.53. The Morgan fingerprint density at radius 3 is 2.58 bits per heavy atom. The van der Waals surface area contributed by atoms with Crippen LogP contribution in [0.25, 0.3) is 0 Å². The first-order valence-electron chi connectivity index (χ1n) is 6.76. The lowest BCUT2D eigenvalue weighted by Gasteiger charge is -2.30. The molecular formula is C13H18ClFN2O2. The van der Waals surface area contributed by atoms with Crippen molar-refractivity contribution in [2.75, 3.05) is 0 Å². The van der Waals surface area contributed by atoms with E-state index in [1.54, 1.807) is 0 Å². The summed E-state index contributed by atoms with van der Waals surface area (Å²) in [4.78, 5) is 26.0. The molecule has 0 saturated heterocycles. The molecule has 1 aliphatic rings. The molecule has 0 amide bonds. The van der Waals surface area contributed by atoms with Crippen LogP contribution in [-0.4, -0.2) is 9.55 Å². The number of nitrogens with one attached hydrogen (secondary N) is 1. The standard InChI is InChI=1S/C13H18ClFN2O2/c1-2-9(8-6-4-3-5-7-8)17-12(18)10(15)11(14)16-13(17)19/h8-9H,2-7H2,1H3,(H,16,19). The number of hydrogen-bond donors (Lipinski definition) is 1. The second-order valence-corrected chi connectivity index (χ2v) is 5.48. The maximum absolute atomic E-state index is 13.6. The molecule has 2 rings (SSSR count). The van der Waals surface area contributed by atoms with E-state index in [0.717, 1.165) is 30.3 Å². The summed E-state index contributed by atoms with van der Waals surface area (Å²) < 4.78 is 14.6. The van der Waals surface area contributed by atoms with Gasteiger partial charge in [0.2, 0.25) is 5.82 Å². The van der Waals surface area contributed by atoms with Gasteiger partial charge in [0, 0.05) is 6.04 Å². The number of nitrogens with zero attached hydrogens (tertiary/aromatic N) is 1. The molecule has 0 bridgehead atoms. The lowest BCUT2D eigenvalue weighted by atomic mass is 9.83. The Labute approximate surface area is 115 Å². The van der Waals surface area contributed by atoms with Gasteiger partial charge >= 0.3 is 5.69 Å². The number of aromatic amines is 1. The van der Waals surface area contributed by atoms with Gasteiger partial charge in [0.15, 0.2) is 5.15 Å². The molecular weight excluding hydrogens is 271 g/mol. The van der Waals surface area contributed by atoms with Gasteiger partial charge in [-0.3, -0.25) is 14.3 Å². The fourth-order valence-electron chi connectivity index (χ4n) is 3.05. The molecule has 0 spiro atoms. The minimum atomic E-state index is -1.07. The van der Waals surface area contributed by atoms with Crippen molar-refractivity contribution in [3.63, 3.8) is 0 Å². The minimum Gasteiger partial charge on any atom is -0.295 e. The number of H-pyrrole nitrogens is 1. The van der Waals surface area contributed by atoms with E-state index in [2.05, 4.69) is 4.98 Å². The Hall–Kier alpha value is -1.10. The van der Waals surface area contributed by atoms with Gasteiger partial charge in [-0.2, -0.15) is 4.39 Å². The van der Waals surface area contributed by atoms with E-state index in [9.17, 15) is 14.0 Å². The minimum absolute atomic E-state index is 0.247. The van der Waals surface area contributed by atoms with E-state index in [-0.39, 0.29) is 12.0 Å². The van der Waals surface area contributed by atoms with E-state index in [0.29, 0.717) is 6.42 Å². The topological polar surface area (TPSA) is 54.9 Å². The molecule has 1 unspecified atom stereocenters. The SMILES string of the molecule is CCC(C1CCCCC1)n1c(=O)[nH]c(Cl)c(F)c1=O. The maximum Gasteiger partial charge on any atom is 0.329 e. The highest BCUT2D eigenvalue weighted by atomic mass is 35.5. The molecule has 0 radical (unpaired) electrons. The molecule has 1 aromatic heterocycles. The van der Waals surface area contributed by atoms with Crippen molar-refractivity contribution < 1.29 is 4.39 Å². The van der Waals surface area contributed by atoms with Gasteiger partial charge in [-0.25, -0.2) is 4.79 Å². The Morgan fingerprint density at radius 2 is 2.00 bits per heavy atom. The quantitative estimate of drug-likeness (QED) is 0.870. The summed E-state index contributed by atoms with van der Waals surface area (Å²) in [6.07, 6.45) is 5.99. The highest BCUT2D eigenvalue weighted by molar-refractivity contribution is 6.29. The molecule has 6 heteroatoms. The first kappa shape index (κ1) is 14.3. The largest absolute Gasteiger partial charge is 0.329 e. The molecule has 106 valence electrons. The number of hydrogen-bond acceptors (Lipinski definition) is 2. The second kappa shape index (κ2) is 5.90. The van der Waals surface area contributed by atoms with Crippen molar-refractivity contribution >= 4 is 11.6 Å². The summed E-state index contributed by atoms with van der Waals surface area (Å²) in [7, 11) is 0. The highest BCUT2D eigenvalue weighted by Gasteiger charge is 2.27. The third-order valence-corrected chi connectivity index (χ3v) is 4.24. The van der Waals surface area contributed by atoms with Gasteiger partial charge in [-0.15, -0.1) is 0 Å². The van der Waals surface area contributed by atoms with Crippen LogP contribution < -0.4 is 11.2 Å². The van der Waals surface area contributed by atoms with Gasteiger partial charge in [0.05, 0.1) is 0 Å². The van der Waals surface area contributed by atoms with E-state index in [1.165, 1.54) is 6.42 Å².